The summed E-state index contributed by atoms with van der Waals surface area (Å²) >= 11 is 1.47. The molecule has 1 aromatic heterocycles. The van der Waals surface area contributed by atoms with Gasteiger partial charge in [0.2, 0.25) is 5.91 Å². The van der Waals surface area contributed by atoms with Crippen molar-refractivity contribution in [2.75, 3.05) is 19.0 Å². The number of hydrogen-bond donors (Lipinski definition) is 2. The summed E-state index contributed by atoms with van der Waals surface area (Å²) in [5.41, 5.74) is 2.62. The number of ether oxygens (including phenoxy) is 1. The van der Waals surface area contributed by atoms with Crippen LogP contribution in [0.15, 0.2) is 24.3 Å². The highest BCUT2D eigenvalue weighted by Crippen LogP contribution is 2.39. The van der Waals surface area contributed by atoms with E-state index in [4.69, 9.17) is 4.74 Å². The molecule has 0 saturated carbocycles. The molecule has 0 fully saturated rings. The molecule has 0 radical (unpaired) electrons. The minimum atomic E-state index is -0.107. The number of carbonyl (C=O) groups is 1. The number of methoxy groups -OCH3 is 1. The lowest BCUT2D eigenvalue weighted by Crippen LogP contribution is -2.16. The second kappa shape index (κ2) is 8.35. The molecule has 1 amide bonds. The first kappa shape index (κ1) is 18.4. The Labute approximate surface area is 157 Å². The van der Waals surface area contributed by atoms with Crippen LogP contribution < -0.4 is 10.1 Å². The number of fused-ring (bicyclic) bond motifs is 1. The summed E-state index contributed by atoms with van der Waals surface area (Å²) < 4.78 is 5.32. The van der Waals surface area contributed by atoms with Crippen LogP contribution in [0.5, 0.6) is 5.75 Å². The van der Waals surface area contributed by atoms with Gasteiger partial charge in [0.1, 0.15) is 16.8 Å². The number of thiophene rings is 1. The van der Waals surface area contributed by atoms with Gasteiger partial charge in [-0.1, -0.05) is 18.2 Å². The van der Waals surface area contributed by atoms with Crippen molar-refractivity contribution in [3.63, 3.8) is 0 Å². The average Bonchev–Trinajstić information content (AvgIpc) is 3.02. The zero-order valence-corrected chi connectivity index (χ0v) is 15.6. The standard InChI is InChI=1S/C20H22N2O3S/c1-25-17-5-3-2-4-14(17)7-9-19(24)22-20-16(11-21)15-8-6-13(12-23)10-18(15)26-20/h2-5,13,23H,6-10,12H2,1H3,(H,22,24). The summed E-state index contributed by atoms with van der Waals surface area (Å²) in [6.07, 6.45) is 3.36. The molecule has 136 valence electrons. The summed E-state index contributed by atoms with van der Waals surface area (Å²) in [5.74, 6) is 0.922. The molecular formula is C20H22N2O3S. The van der Waals surface area contributed by atoms with E-state index >= 15 is 0 Å². The number of aliphatic hydroxyl groups excluding tert-OH is 1. The first-order chi connectivity index (χ1) is 12.7. The van der Waals surface area contributed by atoms with Crippen LogP contribution >= 0.6 is 11.3 Å². The largest absolute Gasteiger partial charge is 0.496 e. The maximum atomic E-state index is 12.4. The lowest BCUT2D eigenvalue weighted by atomic mass is 9.88. The van der Waals surface area contributed by atoms with Gasteiger partial charge in [0, 0.05) is 17.9 Å². The molecule has 1 aliphatic carbocycles. The van der Waals surface area contributed by atoms with Crippen LogP contribution in [0.2, 0.25) is 0 Å². The number of para-hydroxylation sites is 1. The zero-order chi connectivity index (χ0) is 18.5. The third kappa shape index (κ3) is 3.90. The summed E-state index contributed by atoms with van der Waals surface area (Å²) in [4.78, 5) is 13.5. The molecule has 1 aliphatic rings. The van der Waals surface area contributed by atoms with Gasteiger partial charge in [-0.2, -0.15) is 5.26 Å². The molecule has 2 N–H and O–H groups in total. The molecule has 2 aromatic rings. The van der Waals surface area contributed by atoms with Crippen molar-refractivity contribution < 1.29 is 14.6 Å². The van der Waals surface area contributed by atoms with E-state index in [2.05, 4.69) is 11.4 Å². The molecule has 1 atom stereocenters. The number of nitrogens with zero attached hydrogens (tertiary/aromatic N) is 1. The number of benzene rings is 1. The lowest BCUT2D eigenvalue weighted by Gasteiger charge is -2.19. The van der Waals surface area contributed by atoms with E-state index in [0.29, 0.717) is 23.4 Å². The van der Waals surface area contributed by atoms with Gasteiger partial charge in [-0.3, -0.25) is 4.79 Å². The number of anilines is 1. The number of amides is 1. The Morgan fingerprint density at radius 1 is 1.46 bits per heavy atom. The molecule has 1 unspecified atom stereocenters. The van der Waals surface area contributed by atoms with Crippen molar-refractivity contribution in [2.24, 2.45) is 5.92 Å². The van der Waals surface area contributed by atoms with Gasteiger partial charge in [0.05, 0.1) is 12.7 Å². The molecule has 26 heavy (non-hydrogen) atoms. The third-order valence-electron chi connectivity index (χ3n) is 4.80. The predicted molar refractivity (Wildman–Crippen MR) is 102 cm³/mol. The molecule has 0 bridgehead atoms. The Balaban J connectivity index is 1.68. The Hall–Kier alpha value is -2.36. The van der Waals surface area contributed by atoms with Gasteiger partial charge in [-0.15, -0.1) is 11.3 Å². The number of nitriles is 1. The van der Waals surface area contributed by atoms with Gasteiger partial charge in [0.15, 0.2) is 0 Å². The van der Waals surface area contributed by atoms with Crippen LogP contribution in [0.3, 0.4) is 0 Å². The Kier molecular flexibility index (Phi) is 5.92. The first-order valence-corrected chi connectivity index (χ1v) is 9.55. The topological polar surface area (TPSA) is 82.3 Å². The van der Waals surface area contributed by atoms with Gasteiger partial charge in [0.25, 0.3) is 0 Å². The summed E-state index contributed by atoms with van der Waals surface area (Å²) in [7, 11) is 1.62. The molecule has 6 heteroatoms. The van der Waals surface area contributed by atoms with Crippen molar-refractivity contribution >= 4 is 22.2 Å². The van der Waals surface area contributed by atoms with Crippen LogP contribution in [0.1, 0.15) is 34.4 Å². The van der Waals surface area contributed by atoms with E-state index in [1.54, 1.807) is 7.11 Å². The molecule has 0 aliphatic heterocycles. The van der Waals surface area contributed by atoms with Crippen molar-refractivity contribution in [2.45, 2.75) is 32.1 Å². The number of aryl methyl sites for hydroxylation is 1. The minimum absolute atomic E-state index is 0.107. The van der Waals surface area contributed by atoms with Crippen molar-refractivity contribution in [3.05, 3.63) is 45.8 Å². The lowest BCUT2D eigenvalue weighted by molar-refractivity contribution is -0.116. The van der Waals surface area contributed by atoms with E-state index in [0.717, 1.165) is 41.0 Å². The van der Waals surface area contributed by atoms with Crippen LogP contribution in [0.25, 0.3) is 0 Å². The predicted octanol–water partition coefficient (Wildman–Crippen LogP) is 3.30. The second-order valence-corrected chi connectivity index (χ2v) is 7.58. The normalized spacial score (nSPS) is 15.8. The Morgan fingerprint density at radius 2 is 2.27 bits per heavy atom. The highest BCUT2D eigenvalue weighted by atomic mass is 32.1. The number of carbonyl (C=O) groups excluding carboxylic acids is 1. The van der Waals surface area contributed by atoms with Crippen molar-refractivity contribution in [1.29, 1.82) is 5.26 Å². The molecular weight excluding hydrogens is 348 g/mol. The highest BCUT2D eigenvalue weighted by molar-refractivity contribution is 7.16. The Bertz CT molecular complexity index is 838. The van der Waals surface area contributed by atoms with Crippen molar-refractivity contribution in [3.8, 4) is 11.8 Å². The van der Waals surface area contributed by atoms with Crippen LogP contribution in [-0.2, 0) is 24.1 Å². The molecule has 1 aromatic carbocycles. The maximum Gasteiger partial charge on any atom is 0.225 e. The summed E-state index contributed by atoms with van der Waals surface area (Å²) in [6, 6.07) is 9.90. The van der Waals surface area contributed by atoms with Crippen LogP contribution in [0, 0.1) is 17.2 Å². The fraction of sp³-hybridized carbons (Fsp3) is 0.400. The SMILES string of the molecule is COc1ccccc1CCC(=O)Nc1sc2c(c1C#N)CCC(CO)C2. The van der Waals surface area contributed by atoms with E-state index in [9.17, 15) is 15.2 Å². The molecule has 3 rings (SSSR count). The number of hydrogen-bond acceptors (Lipinski definition) is 5. The minimum Gasteiger partial charge on any atom is -0.496 e. The second-order valence-electron chi connectivity index (χ2n) is 6.47. The molecule has 1 heterocycles. The van der Waals surface area contributed by atoms with Crippen molar-refractivity contribution in [1.82, 2.24) is 0 Å². The fourth-order valence-electron chi connectivity index (χ4n) is 3.36. The van der Waals surface area contributed by atoms with E-state index in [1.807, 2.05) is 24.3 Å². The van der Waals surface area contributed by atoms with E-state index in [1.165, 1.54) is 11.3 Å². The molecule has 0 saturated heterocycles. The van der Waals surface area contributed by atoms with Crippen LogP contribution in [-0.4, -0.2) is 24.7 Å². The zero-order valence-electron chi connectivity index (χ0n) is 14.7. The highest BCUT2D eigenvalue weighted by Gasteiger charge is 2.26. The Morgan fingerprint density at radius 3 is 3.00 bits per heavy atom. The van der Waals surface area contributed by atoms with E-state index in [-0.39, 0.29) is 18.4 Å². The third-order valence-corrected chi connectivity index (χ3v) is 5.97. The summed E-state index contributed by atoms with van der Waals surface area (Å²) in [6.45, 7) is 0.166. The van der Waals surface area contributed by atoms with Crippen LogP contribution in [0.4, 0.5) is 5.00 Å². The quantitative estimate of drug-likeness (QED) is 0.817. The smallest absolute Gasteiger partial charge is 0.225 e. The van der Waals surface area contributed by atoms with Gasteiger partial charge in [-0.25, -0.2) is 0 Å². The fourth-order valence-corrected chi connectivity index (χ4v) is 4.69. The monoisotopic (exact) mass is 370 g/mol. The maximum absolute atomic E-state index is 12.4. The summed E-state index contributed by atoms with van der Waals surface area (Å²) in [5, 5.41) is 22.4. The molecule has 5 nitrogen and oxygen atoms in total. The average molecular weight is 370 g/mol. The first-order valence-electron chi connectivity index (χ1n) is 8.73. The van der Waals surface area contributed by atoms with Gasteiger partial charge >= 0.3 is 0 Å². The molecule has 0 spiro atoms. The van der Waals surface area contributed by atoms with Gasteiger partial charge < -0.3 is 15.2 Å². The van der Waals surface area contributed by atoms with Gasteiger partial charge in [-0.05, 0) is 48.8 Å². The number of nitrogens with one attached hydrogen (secondary N) is 1. The van der Waals surface area contributed by atoms with E-state index < -0.39 is 0 Å². The number of aliphatic hydroxyl groups is 1. The number of rotatable bonds is 6.